The first-order valence-electron chi connectivity index (χ1n) is 7.75. The quantitative estimate of drug-likeness (QED) is 0.461. The van der Waals surface area contributed by atoms with Crippen molar-refractivity contribution in [1.82, 2.24) is 25.4 Å². The molecule has 1 unspecified atom stereocenters. The summed E-state index contributed by atoms with van der Waals surface area (Å²) in [5.41, 5.74) is 0. The molecule has 7 heteroatoms. The summed E-state index contributed by atoms with van der Waals surface area (Å²) in [6, 6.07) is 10.4. The van der Waals surface area contributed by atoms with E-state index in [0.29, 0.717) is 11.8 Å². The van der Waals surface area contributed by atoms with Gasteiger partial charge in [-0.25, -0.2) is 9.98 Å². The summed E-state index contributed by atoms with van der Waals surface area (Å²) >= 11 is 1.85. The van der Waals surface area contributed by atoms with Crippen LogP contribution in [-0.2, 0) is 13.6 Å². The third-order valence-electron chi connectivity index (χ3n) is 3.17. The Balaban J connectivity index is 1.85. The molecule has 0 amide bonds. The second-order valence-electron chi connectivity index (χ2n) is 5.12. The van der Waals surface area contributed by atoms with Gasteiger partial charge in [0, 0.05) is 30.3 Å². The molecule has 0 saturated carbocycles. The number of aryl methyl sites for hydroxylation is 1. The van der Waals surface area contributed by atoms with Crippen molar-refractivity contribution in [3.63, 3.8) is 0 Å². The van der Waals surface area contributed by atoms with E-state index < -0.39 is 0 Å². The van der Waals surface area contributed by atoms with E-state index in [2.05, 4.69) is 63.8 Å². The van der Waals surface area contributed by atoms with E-state index in [9.17, 15) is 0 Å². The Bertz CT molecular complexity index is 610. The number of thioether (sulfide) groups is 1. The molecule has 124 valence electrons. The minimum absolute atomic E-state index is 0.441. The lowest BCUT2D eigenvalue weighted by atomic mass is 10.4. The monoisotopic (exact) mass is 332 g/mol. The molecule has 2 N–H and O–H groups in total. The van der Waals surface area contributed by atoms with Gasteiger partial charge < -0.3 is 10.6 Å². The highest BCUT2D eigenvalue weighted by molar-refractivity contribution is 8.00. The third-order valence-corrected chi connectivity index (χ3v) is 4.28. The van der Waals surface area contributed by atoms with Crippen LogP contribution in [0.5, 0.6) is 0 Å². The molecule has 1 heterocycles. The van der Waals surface area contributed by atoms with Crippen LogP contribution in [0.15, 0.2) is 46.5 Å². The molecule has 2 rings (SSSR count). The smallest absolute Gasteiger partial charge is 0.191 e. The average molecular weight is 332 g/mol. The minimum atomic E-state index is 0.441. The van der Waals surface area contributed by atoms with Crippen LogP contribution < -0.4 is 10.6 Å². The maximum atomic E-state index is 4.56. The van der Waals surface area contributed by atoms with Crippen LogP contribution in [0, 0.1) is 0 Å². The molecule has 1 aromatic heterocycles. The Morgan fingerprint density at radius 2 is 2.09 bits per heavy atom. The molecule has 0 fully saturated rings. The number of nitrogens with zero attached hydrogens (tertiary/aromatic N) is 4. The average Bonchev–Trinajstić information content (AvgIpc) is 2.96. The zero-order chi connectivity index (χ0) is 16.5. The summed E-state index contributed by atoms with van der Waals surface area (Å²) < 4.78 is 1.74. The minimum Gasteiger partial charge on any atom is -0.357 e. The Morgan fingerprint density at radius 1 is 1.30 bits per heavy atom. The molecule has 1 aromatic carbocycles. The predicted octanol–water partition coefficient (Wildman–Crippen LogP) is 2.05. The fourth-order valence-corrected chi connectivity index (χ4v) is 2.91. The molecule has 0 spiro atoms. The Morgan fingerprint density at radius 3 is 2.74 bits per heavy atom. The summed E-state index contributed by atoms with van der Waals surface area (Å²) in [7, 11) is 1.87. The molecular formula is C16H24N6S. The van der Waals surface area contributed by atoms with Crippen molar-refractivity contribution in [3.8, 4) is 0 Å². The molecule has 0 radical (unpaired) electrons. The second kappa shape index (κ2) is 9.19. The summed E-state index contributed by atoms with van der Waals surface area (Å²) in [4.78, 5) is 10.0. The number of rotatable bonds is 7. The van der Waals surface area contributed by atoms with Gasteiger partial charge in [0.15, 0.2) is 5.96 Å². The van der Waals surface area contributed by atoms with E-state index in [1.54, 1.807) is 11.0 Å². The number of nitrogens with one attached hydrogen (secondary N) is 2. The van der Waals surface area contributed by atoms with Gasteiger partial charge in [-0.15, -0.1) is 11.8 Å². The van der Waals surface area contributed by atoms with Crippen LogP contribution in [0.1, 0.15) is 19.7 Å². The normalized spacial score (nSPS) is 12.9. The summed E-state index contributed by atoms with van der Waals surface area (Å²) in [6.45, 7) is 6.43. The van der Waals surface area contributed by atoms with Crippen molar-refractivity contribution in [2.45, 2.75) is 30.5 Å². The molecule has 23 heavy (non-hydrogen) atoms. The predicted molar refractivity (Wildman–Crippen MR) is 95.6 cm³/mol. The van der Waals surface area contributed by atoms with Gasteiger partial charge in [0.1, 0.15) is 18.7 Å². The molecule has 6 nitrogen and oxygen atoms in total. The molecule has 2 aromatic rings. The van der Waals surface area contributed by atoms with Crippen LogP contribution in [0.3, 0.4) is 0 Å². The lowest BCUT2D eigenvalue weighted by molar-refractivity contribution is 0.697. The first kappa shape index (κ1) is 17.3. The van der Waals surface area contributed by atoms with Gasteiger partial charge in [0.25, 0.3) is 0 Å². The standard InChI is InChI=1S/C16H24N6S/c1-4-17-16(19-11-15-20-12-21-22(15)3)18-10-13(2)23-14-8-6-5-7-9-14/h5-9,12-13H,4,10-11H2,1-3H3,(H2,17,18,19). The maximum absolute atomic E-state index is 4.56. The first-order valence-corrected chi connectivity index (χ1v) is 8.63. The fraction of sp³-hybridized carbons (Fsp3) is 0.438. The maximum Gasteiger partial charge on any atom is 0.191 e. The van der Waals surface area contributed by atoms with Crippen LogP contribution in [-0.4, -0.2) is 39.1 Å². The van der Waals surface area contributed by atoms with Gasteiger partial charge >= 0.3 is 0 Å². The molecule has 0 aliphatic rings. The molecule has 0 aliphatic heterocycles. The topological polar surface area (TPSA) is 67.1 Å². The van der Waals surface area contributed by atoms with E-state index in [-0.39, 0.29) is 0 Å². The Kier molecular flexibility index (Phi) is 6.93. The van der Waals surface area contributed by atoms with Gasteiger partial charge in [-0.05, 0) is 19.1 Å². The number of aromatic nitrogens is 3. The van der Waals surface area contributed by atoms with Crippen molar-refractivity contribution in [1.29, 1.82) is 0 Å². The van der Waals surface area contributed by atoms with E-state index in [1.807, 2.05) is 24.9 Å². The number of guanidine groups is 1. The first-order chi connectivity index (χ1) is 11.2. The van der Waals surface area contributed by atoms with Crippen LogP contribution in [0.25, 0.3) is 0 Å². The Labute approximate surface area is 141 Å². The molecule has 0 saturated heterocycles. The van der Waals surface area contributed by atoms with E-state index in [1.165, 1.54) is 4.90 Å². The second-order valence-corrected chi connectivity index (χ2v) is 6.63. The molecule has 1 atom stereocenters. The van der Waals surface area contributed by atoms with Gasteiger partial charge in [0.2, 0.25) is 0 Å². The number of benzene rings is 1. The van der Waals surface area contributed by atoms with Crippen molar-refractivity contribution >= 4 is 17.7 Å². The summed E-state index contributed by atoms with van der Waals surface area (Å²) in [6.07, 6.45) is 1.55. The Hall–Kier alpha value is -2.02. The highest BCUT2D eigenvalue weighted by Crippen LogP contribution is 2.21. The zero-order valence-electron chi connectivity index (χ0n) is 13.9. The van der Waals surface area contributed by atoms with Crippen molar-refractivity contribution in [2.75, 3.05) is 13.1 Å². The lowest BCUT2D eigenvalue weighted by Gasteiger charge is -2.15. The largest absolute Gasteiger partial charge is 0.357 e. The SMILES string of the molecule is CCNC(=NCc1ncnn1C)NCC(C)Sc1ccccc1. The zero-order valence-corrected chi connectivity index (χ0v) is 14.7. The number of hydrogen-bond donors (Lipinski definition) is 2. The number of hydrogen-bond acceptors (Lipinski definition) is 4. The van der Waals surface area contributed by atoms with Crippen molar-refractivity contribution < 1.29 is 0 Å². The third kappa shape index (κ3) is 5.94. The van der Waals surface area contributed by atoms with Crippen LogP contribution in [0.4, 0.5) is 0 Å². The molecular weight excluding hydrogens is 308 g/mol. The fourth-order valence-electron chi connectivity index (χ4n) is 1.97. The van der Waals surface area contributed by atoms with Crippen LogP contribution in [0.2, 0.25) is 0 Å². The van der Waals surface area contributed by atoms with Gasteiger partial charge in [0.05, 0.1) is 0 Å². The van der Waals surface area contributed by atoms with Crippen LogP contribution >= 0.6 is 11.8 Å². The van der Waals surface area contributed by atoms with E-state index in [4.69, 9.17) is 0 Å². The molecule has 0 aliphatic carbocycles. The summed E-state index contributed by atoms with van der Waals surface area (Å²) in [5, 5.41) is 11.1. The number of aliphatic imine (C=N–C) groups is 1. The highest BCUT2D eigenvalue weighted by atomic mass is 32.2. The van der Waals surface area contributed by atoms with Crippen molar-refractivity contribution in [2.24, 2.45) is 12.0 Å². The van der Waals surface area contributed by atoms with E-state index in [0.717, 1.165) is 24.9 Å². The summed E-state index contributed by atoms with van der Waals surface area (Å²) in [5.74, 6) is 1.64. The van der Waals surface area contributed by atoms with Gasteiger partial charge in [-0.3, -0.25) is 4.68 Å². The van der Waals surface area contributed by atoms with Gasteiger partial charge in [-0.1, -0.05) is 25.1 Å². The van der Waals surface area contributed by atoms with Gasteiger partial charge in [-0.2, -0.15) is 5.10 Å². The van der Waals surface area contributed by atoms with Crippen molar-refractivity contribution in [3.05, 3.63) is 42.5 Å². The van der Waals surface area contributed by atoms with E-state index >= 15 is 0 Å². The lowest BCUT2D eigenvalue weighted by Crippen LogP contribution is -2.40. The highest BCUT2D eigenvalue weighted by Gasteiger charge is 2.06. The molecule has 0 bridgehead atoms.